The van der Waals surface area contributed by atoms with Crippen molar-refractivity contribution in [3.05, 3.63) is 29.8 Å². The Labute approximate surface area is 117 Å². The van der Waals surface area contributed by atoms with Gasteiger partial charge in [0, 0.05) is 12.0 Å². The molecule has 1 aromatic carbocycles. The average molecular weight is 261 g/mol. The molecular weight excluding hydrogens is 234 g/mol. The molecule has 106 valence electrons. The van der Waals surface area contributed by atoms with E-state index in [2.05, 4.69) is 31.2 Å². The van der Waals surface area contributed by atoms with Crippen LogP contribution in [0.3, 0.4) is 0 Å². The Hall–Kier alpha value is -1.02. The minimum Gasteiger partial charge on any atom is -0.494 e. The van der Waals surface area contributed by atoms with E-state index in [1.807, 2.05) is 0 Å². The highest BCUT2D eigenvalue weighted by Gasteiger charge is 2.32. The molecule has 1 saturated carbocycles. The second-order valence-electron chi connectivity index (χ2n) is 5.77. The minimum absolute atomic E-state index is 0.222. The molecule has 0 bridgehead atoms. The molecule has 1 aliphatic carbocycles. The molecule has 0 heterocycles. The van der Waals surface area contributed by atoms with Crippen LogP contribution in [-0.4, -0.2) is 13.2 Å². The number of hydrogen-bond donors (Lipinski definition) is 1. The van der Waals surface area contributed by atoms with Crippen molar-refractivity contribution in [1.82, 2.24) is 0 Å². The van der Waals surface area contributed by atoms with Crippen molar-refractivity contribution in [2.24, 2.45) is 5.73 Å². The lowest BCUT2D eigenvalue weighted by Crippen LogP contribution is -2.37. The van der Waals surface area contributed by atoms with Gasteiger partial charge in [-0.25, -0.2) is 0 Å². The highest BCUT2D eigenvalue weighted by atomic mass is 16.5. The first kappa shape index (κ1) is 14.4. The summed E-state index contributed by atoms with van der Waals surface area (Å²) in [4.78, 5) is 0. The zero-order chi connectivity index (χ0) is 13.6. The summed E-state index contributed by atoms with van der Waals surface area (Å²) in [7, 11) is 0. The van der Waals surface area contributed by atoms with Crippen LogP contribution in [0.2, 0.25) is 0 Å². The summed E-state index contributed by atoms with van der Waals surface area (Å²) in [6.07, 6.45) is 8.75. The van der Waals surface area contributed by atoms with Gasteiger partial charge >= 0.3 is 0 Å². The second-order valence-corrected chi connectivity index (χ2v) is 5.77. The molecule has 2 nitrogen and oxygen atoms in total. The summed E-state index contributed by atoms with van der Waals surface area (Å²) < 4.78 is 5.72. The van der Waals surface area contributed by atoms with Crippen molar-refractivity contribution in [2.75, 3.05) is 13.2 Å². The quantitative estimate of drug-likeness (QED) is 0.785. The Morgan fingerprint density at radius 2 is 1.79 bits per heavy atom. The van der Waals surface area contributed by atoms with E-state index >= 15 is 0 Å². The molecule has 0 aliphatic heterocycles. The topological polar surface area (TPSA) is 35.2 Å². The van der Waals surface area contributed by atoms with Gasteiger partial charge in [0.2, 0.25) is 0 Å². The van der Waals surface area contributed by atoms with Crippen molar-refractivity contribution in [2.45, 2.75) is 57.3 Å². The first-order chi connectivity index (χ1) is 9.30. The molecule has 2 rings (SSSR count). The lowest BCUT2D eigenvalue weighted by Gasteiger charge is -2.36. The molecule has 1 aliphatic rings. The van der Waals surface area contributed by atoms with Crippen molar-refractivity contribution in [3.8, 4) is 5.75 Å². The SMILES string of the molecule is CCCCOc1ccc(C2(CN)CCCCC2)cc1. The molecule has 2 heteroatoms. The zero-order valence-corrected chi connectivity index (χ0v) is 12.2. The monoisotopic (exact) mass is 261 g/mol. The average Bonchev–Trinajstić information content (AvgIpc) is 2.49. The minimum atomic E-state index is 0.222. The van der Waals surface area contributed by atoms with Gasteiger partial charge < -0.3 is 10.5 Å². The molecule has 1 aromatic rings. The normalized spacial score (nSPS) is 18.2. The van der Waals surface area contributed by atoms with Crippen LogP contribution in [0.5, 0.6) is 5.75 Å². The van der Waals surface area contributed by atoms with Gasteiger partial charge in [-0.05, 0) is 37.0 Å². The van der Waals surface area contributed by atoms with Crippen LogP contribution in [0.4, 0.5) is 0 Å². The van der Waals surface area contributed by atoms with Crippen LogP contribution in [0.25, 0.3) is 0 Å². The van der Waals surface area contributed by atoms with Gasteiger partial charge in [0.05, 0.1) is 6.61 Å². The Bertz CT molecular complexity index is 365. The molecule has 0 aromatic heterocycles. The number of nitrogens with two attached hydrogens (primary N) is 1. The van der Waals surface area contributed by atoms with Crippen molar-refractivity contribution in [3.63, 3.8) is 0 Å². The lowest BCUT2D eigenvalue weighted by atomic mass is 9.69. The van der Waals surface area contributed by atoms with E-state index in [9.17, 15) is 0 Å². The predicted molar refractivity (Wildman–Crippen MR) is 80.7 cm³/mol. The molecule has 0 spiro atoms. The van der Waals surface area contributed by atoms with Gasteiger partial charge in [-0.15, -0.1) is 0 Å². The molecule has 0 radical (unpaired) electrons. The van der Waals surface area contributed by atoms with E-state index in [-0.39, 0.29) is 5.41 Å². The Balaban J connectivity index is 2.03. The van der Waals surface area contributed by atoms with Crippen LogP contribution in [0.15, 0.2) is 24.3 Å². The Kier molecular flexibility index (Phi) is 5.26. The standard InChI is InChI=1S/C17H27NO/c1-2-3-13-19-16-9-7-15(8-10-16)17(14-18)11-5-4-6-12-17/h7-10H,2-6,11-14,18H2,1H3. The fourth-order valence-electron chi connectivity index (χ4n) is 3.08. The van der Waals surface area contributed by atoms with Crippen LogP contribution >= 0.6 is 0 Å². The molecule has 0 saturated heterocycles. The van der Waals surface area contributed by atoms with Gasteiger partial charge in [0.15, 0.2) is 0 Å². The highest BCUT2D eigenvalue weighted by molar-refractivity contribution is 5.33. The van der Waals surface area contributed by atoms with E-state index in [1.54, 1.807) is 0 Å². The van der Waals surface area contributed by atoms with Crippen LogP contribution in [0, 0.1) is 0 Å². The van der Waals surface area contributed by atoms with E-state index in [1.165, 1.54) is 44.1 Å². The van der Waals surface area contributed by atoms with E-state index in [4.69, 9.17) is 10.5 Å². The summed E-state index contributed by atoms with van der Waals surface area (Å²) in [6.45, 7) is 3.77. The van der Waals surface area contributed by atoms with Crippen molar-refractivity contribution in [1.29, 1.82) is 0 Å². The van der Waals surface area contributed by atoms with Gasteiger partial charge in [-0.3, -0.25) is 0 Å². The Morgan fingerprint density at radius 3 is 2.37 bits per heavy atom. The van der Waals surface area contributed by atoms with E-state index < -0.39 is 0 Å². The number of hydrogen-bond acceptors (Lipinski definition) is 2. The van der Waals surface area contributed by atoms with Gasteiger partial charge in [0.1, 0.15) is 5.75 Å². The number of benzene rings is 1. The number of ether oxygens (including phenoxy) is 1. The molecule has 19 heavy (non-hydrogen) atoms. The molecular formula is C17H27NO. The fraction of sp³-hybridized carbons (Fsp3) is 0.647. The van der Waals surface area contributed by atoms with Gasteiger partial charge in [-0.1, -0.05) is 44.7 Å². The zero-order valence-electron chi connectivity index (χ0n) is 12.2. The predicted octanol–water partition coefficient (Wildman–Crippen LogP) is 4.03. The maximum atomic E-state index is 6.08. The second kappa shape index (κ2) is 6.95. The maximum Gasteiger partial charge on any atom is 0.119 e. The van der Waals surface area contributed by atoms with Crippen LogP contribution < -0.4 is 10.5 Å². The summed E-state index contributed by atoms with van der Waals surface area (Å²) in [6, 6.07) is 8.66. The van der Waals surface area contributed by atoms with Crippen LogP contribution in [-0.2, 0) is 5.41 Å². The third kappa shape index (κ3) is 3.50. The Morgan fingerprint density at radius 1 is 1.11 bits per heavy atom. The summed E-state index contributed by atoms with van der Waals surface area (Å²) in [5.74, 6) is 0.986. The first-order valence-electron chi connectivity index (χ1n) is 7.74. The largest absolute Gasteiger partial charge is 0.494 e. The van der Waals surface area contributed by atoms with Gasteiger partial charge in [-0.2, -0.15) is 0 Å². The van der Waals surface area contributed by atoms with E-state index in [0.717, 1.165) is 25.3 Å². The summed E-state index contributed by atoms with van der Waals surface area (Å²) in [5, 5.41) is 0. The third-order valence-electron chi connectivity index (χ3n) is 4.43. The highest BCUT2D eigenvalue weighted by Crippen LogP contribution is 2.39. The smallest absolute Gasteiger partial charge is 0.119 e. The fourth-order valence-corrected chi connectivity index (χ4v) is 3.08. The summed E-state index contributed by atoms with van der Waals surface area (Å²) >= 11 is 0. The van der Waals surface area contributed by atoms with Crippen molar-refractivity contribution >= 4 is 0 Å². The van der Waals surface area contributed by atoms with Crippen LogP contribution in [0.1, 0.15) is 57.4 Å². The first-order valence-corrected chi connectivity index (χ1v) is 7.74. The lowest BCUT2D eigenvalue weighted by molar-refractivity contribution is 0.297. The molecule has 2 N–H and O–H groups in total. The molecule has 0 atom stereocenters. The molecule has 1 fully saturated rings. The third-order valence-corrected chi connectivity index (χ3v) is 4.43. The van der Waals surface area contributed by atoms with Gasteiger partial charge in [0.25, 0.3) is 0 Å². The number of unbranched alkanes of at least 4 members (excludes halogenated alkanes) is 1. The summed E-state index contributed by atoms with van der Waals surface area (Å²) in [5.41, 5.74) is 7.70. The molecule has 0 unspecified atom stereocenters. The maximum absolute atomic E-state index is 6.08. The van der Waals surface area contributed by atoms with E-state index in [0.29, 0.717) is 0 Å². The van der Waals surface area contributed by atoms with Crippen molar-refractivity contribution < 1.29 is 4.74 Å². The number of rotatable bonds is 6. The molecule has 0 amide bonds.